The van der Waals surface area contributed by atoms with Crippen molar-refractivity contribution in [3.8, 4) is 5.95 Å². The summed E-state index contributed by atoms with van der Waals surface area (Å²) in [5.41, 5.74) is 1.02. The second-order valence-electron chi connectivity index (χ2n) is 9.15. The zero-order chi connectivity index (χ0) is 19.5. The zero-order valence-electron chi connectivity index (χ0n) is 16.5. The summed E-state index contributed by atoms with van der Waals surface area (Å²) < 4.78 is 1.55. The molecule has 28 heavy (non-hydrogen) atoms. The summed E-state index contributed by atoms with van der Waals surface area (Å²) in [6.45, 7) is 3.83. The van der Waals surface area contributed by atoms with Gasteiger partial charge in [-0.2, -0.15) is 9.78 Å². The van der Waals surface area contributed by atoms with Crippen molar-refractivity contribution in [3.63, 3.8) is 0 Å². The van der Waals surface area contributed by atoms with Crippen molar-refractivity contribution in [3.05, 3.63) is 33.9 Å². The van der Waals surface area contributed by atoms with Gasteiger partial charge in [-0.05, 0) is 69.6 Å². The lowest BCUT2D eigenvalue weighted by molar-refractivity contribution is -0.140. The lowest BCUT2D eigenvalue weighted by Gasteiger charge is -2.55. The Hall–Kier alpha value is -2.44. The van der Waals surface area contributed by atoms with E-state index in [-0.39, 0.29) is 16.9 Å². The van der Waals surface area contributed by atoms with Gasteiger partial charge in [0.2, 0.25) is 11.9 Å². The molecule has 2 aromatic rings. The van der Waals surface area contributed by atoms with E-state index in [1.54, 1.807) is 4.68 Å². The summed E-state index contributed by atoms with van der Waals surface area (Å²) in [7, 11) is 0. The van der Waals surface area contributed by atoms with Gasteiger partial charge in [-0.25, -0.2) is 4.98 Å². The van der Waals surface area contributed by atoms with Crippen LogP contribution in [-0.4, -0.2) is 25.7 Å². The molecule has 0 spiro atoms. The third kappa shape index (κ3) is 2.88. The normalized spacial score (nSPS) is 30.6. The van der Waals surface area contributed by atoms with Crippen LogP contribution in [0, 0.1) is 30.1 Å². The molecule has 4 saturated carbocycles. The fourth-order valence-corrected chi connectivity index (χ4v) is 6.16. The number of carbonyl (C=O) groups is 1. The Kier molecular flexibility index (Phi) is 3.96. The number of rotatable bonds is 4. The average molecular weight is 381 g/mol. The van der Waals surface area contributed by atoms with Crippen molar-refractivity contribution in [2.45, 2.75) is 58.8 Å². The Morgan fingerprint density at radius 1 is 1.21 bits per heavy atom. The van der Waals surface area contributed by atoms with Crippen LogP contribution in [0.4, 0.5) is 5.82 Å². The molecule has 0 unspecified atom stereocenters. The molecule has 0 saturated heterocycles. The van der Waals surface area contributed by atoms with Crippen LogP contribution in [0.25, 0.3) is 5.95 Å². The number of H-pyrrole nitrogens is 1. The van der Waals surface area contributed by atoms with Gasteiger partial charge in [0.25, 0.3) is 5.56 Å². The molecular formula is C21H27N5O2. The second kappa shape index (κ2) is 6.29. The van der Waals surface area contributed by atoms with Crippen LogP contribution < -0.4 is 10.9 Å². The first kappa shape index (κ1) is 17.6. The first-order valence-corrected chi connectivity index (χ1v) is 10.4. The molecule has 7 heteroatoms. The van der Waals surface area contributed by atoms with Gasteiger partial charge < -0.3 is 5.32 Å². The Labute approximate surface area is 163 Å². The van der Waals surface area contributed by atoms with Gasteiger partial charge in [0.1, 0.15) is 5.82 Å². The number of aromatic nitrogens is 4. The molecule has 0 aromatic carbocycles. The van der Waals surface area contributed by atoms with Gasteiger partial charge in [0.15, 0.2) is 0 Å². The number of aromatic amines is 1. The zero-order valence-corrected chi connectivity index (χ0v) is 16.5. The van der Waals surface area contributed by atoms with E-state index in [4.69, 9.17) is 0 Å². The number of anilines is 1. The molecule has 6 rings (SSSR count). The lowest BCUT2D eigenvalue weighted by atomic mass is 9.49. The molecule has 2 aromatic heterocycles. The van der Waals surface area contributed by atoms with Crippen LogP contribution in [0.15, 0.2) is 16.9 Å². The Morgan fingerprint density at radius 3 is 2.46 bits per heavy atom. The van der Waals surface area contributed by atoms with Gasteiger partial charge in [0, 0.05) is 17.8 Å². The highest BCUT2D eigenvalue weighted by Crippen LogP contribution is 2.60. The van der Waals surface area contributed by atoms with E-state index in [0.717, 1.165) is 25.0 Å². The molecule has 1 amide bonds. The summed E-state index contributed by atoms with van der Waals surface area (Å²) >= 11 is 0. The van der Waals surface area contributed by atoms with Crippen LogP contribution in [-0.2, 0) is 11.2 Å². The molecule has 4 aliphatic carbocycles. The molecule has 148 valence electrons. The number of nitrogens with zero attached hydrogens (tertiary/aromatic N) is 3. The highest BCUT2D eigenvalue weighted by Gasteiger charge is 2.54. The van der Waals surface area contributed by atoms with Gasteiger partial charge in [-0.3, -0.25) is 14.6 Å². The smallest absolute Gasteiger partial charge is 0.252 e. The molecule has 0 radical (unpaired) electrons. The minimum atomic E-state index is -0.232. The lowest BCUT2D eigenvalue weighted by Crippen LogP contribution is -2.51. The molecule has 2 heterocycles. The van der Waals surface area contributed by atoms with Crippen LogP contribution >= 0.6 is 0 Å². The van der Waals surface area contributed by atoms with E-state index < -0.39 is 0 Å². The average Bonchev–Trinajstić information content (AvgIpc) is 3.00. The van der Waals surface area contributed by atoms with Crippen LogP contribution in [0.1, 0.15) is 56.8 Å². The molecule has 0 aliphatic heterocycles. The maximum absolute atomic E-state index is 13.4. The Balaban J connectivity index is 1.46. The van der Waals surface area contributed by atoms with Gasteiger partial charge in [0.05, 0.1) is 11.1 Å². The van der Waals surface area contributed by atoms with E-state index in [1.807, 2.05) is 19.9 Å². The van der Waals surface area contributed by atoms with E-state index in [2.05, 4.69) is 20.4 Å². The monoisotopic (exact) mass is 381 g/mol. The number of aryl methyl sites for hydroxylation is 2. The van der Waals surface area contributed by atoms with Gasteiger partial charge in [-0.1, -0.05) is 6.92 Å². The molecule has 7 nitrogen and oxygen atoms in total. The van der Waals surface area contributed by atoms with E-state index >= 15 is 0 Å². The first-order chi connectivity index (χ1) is 13.4. The summed E-state index contributed by atoms with van der Waals surface area (Å²) in [6.07, 6.45) is 7.61. The number of hydrogen-bond donors (Lipinski definition) is 2. The molecule has 4 fully saturated rings. The molecular weight excluding hydrogens is 354 g/mol. The Morgan fingerprint density at radius 2 is 1.86 bits per heavy atom. The minimum absolute atomic E-state index is 0.113. The number of nitrogens with one attached hydrogen (secondary N) is 2. The largest absolute Gasteiger partial charge is 0.310 e. The highest BCUT2D eigenvalue weighted by atomic mass is 16.2. The highest BCUT2D eigenvalue weighted by molar-refractivity contribution is 5.95. The third-order valence-electron chi connectivity index (χ3n) is 6.94. The molecule has 2 N–H and O–H groups in total. The first-order valence-electron chi connectivity index (χ1n) is 10.4. The molecule has 4 aliphatic rings. The van der Waals surface area contributed by atoms with Gasteiger partial charge in [-0.15, -0.1) is 0 Å². The van der Waals surface area contributed by atoms with Crippen molar-refractivity contribution < 1.29 is 4.79 Å². The molecule has 0 atom stereocenters. The van der Waals surface area contributed by atoms with Crippen LogP contribution in [0.5, 0.6) is 0 Å². The molecule has 4 bridgehead atoms. The van der Waals surface area contributed by atoms with Crippen molar-refractivity contribution in [2.24, 2.45) is 23.2 Å². The number of carbonyl (C=O) groups excluding carboxylic acids is 1. The fourth-order valence-electron chi connectivity index (χ4n) is 6.16. The SMILES string of the molecule is CCc1cc(=O)[nH]c(-n2nc(C)cc2NC(=O)C23CC4CC(CC(C4)C2)C3)n1. The van der Waals surface area contributed by atoms with Crippen LogP contribution in [0.2, 0.25) is 0 Å². The van der Waals surface area contributed by atoms with Gasteiger partial charge >= 0.3 is 0 Å². The van der Waals surface area contributed by atoms with Crippen molar-refractivity contribution >= 4 is 11.7 Å². The van der Waals surface area contributed by atoms with Crippen molar-refractivity contribution in [1.29, 1.82) is 0 Å². The summed E-state index contributed by atoms with van der Waals surface area (Å²) in [5.74, 6) is 3.17. The standard InChI is InChI=1S/C21H27N5O2/c1-3-16-8-18(27)24-20(22-16)26-17(4-12(2)25-26)23-19(28)21-9-13-5-14(10-21)7-15(6-13)11-21/h4,8,13-15H,3,5-7,9-11H2,1-2H3,(H,23,28)(H,22,24,27). The third-order valence-corrected chi connectivity index (χ3v) is 6.94. The van der Waals surface area contributed by atoms with Crippen LogP contribution in [0.3, 0.4) is 0 Å². The predicted octanol–water partition coefficient (Wildman–Crippen LogP) is 2.98. The second-order valence-corrected chi connectivity index (χ2v) is 9.15. The topological polar surface area (TPSA) is 92.7 Å². The number of amides is 1. The maximum atomic E-state index is 13.4. The quantitative estimate of drug-likeness (QED) is 0.851. The Bertz CT molecular complexity index is 954. The number of hydrogen-bond acceptors (Lipinski definition) is 4. The summed E-state index contributed by atoms with van der Waals surface area (Å²) in [4.78, 5) is 32.6. The summed E-state index contributed by atoms with van der Waals surface area (Å²) in [5, 5.41) is 7.61. The van der Waals surface area contributed by atoms with E-state index in [1.165, 1.54) is 25.3 Å². The van der Waals surface area contributed by atoms with E-state index in [9.17, 15) is 9.59 Å². The van der Waals surface area contributed by atoms with E-state index in [0.29, 0.717) is 41.6 Å². The van der Waals surface area contributed by atoms with Crippen molar-refractivity contribution in [1.82, 2.24) is 19.7 Å². The van der Waals surface area contributed by atoms with Crippen molar-refractivity contribution in [2.75, 3.05) is 5.32 Å². The fraction of sp³-hybridized carbons (Fsp3) is 0.619. The minimum Gasteiger partial charge on any atom is -0.310 e. The maximum Gasteiger partial charge on any atom is 0.252 e. The predicted molar refractivity (Wildman–Crippen MR) is 105 cm³/mol. The summed E-state index contributed by atoms with van der Waals surface area (Å²) in [6, 6.07) is 3.34.